The van der Waals surface area contributed by atoms with Crippen molar-refractivity contribution in [2.24, 2.45) is 0 Å². The summed E-state index contributed by atoms with van der Waals surface area (Å²) in [6.45, 7) is 3.69. The highest BCUT2D eigenvalue weighted by molar-refractivity contribution is 6.67. The third kappa shape index (κ3) is 4.77. The number of benzene rings is 1. The van der Waals surface area contributed by atoms with Gasteiger partial charge in [-0.2, -0.15) is 0 Å². The number of carbonyl (C=O) groups excluding carboxylic acids is 1. The van der Waals surface area contributed by atoms with Crippen molar-refractivity contribution in [2.75, 3.05) is 6.61 Å². The zero-order valence-corrected chi connectivity index (χ0v) is 9.41. The molecule has 1 N–H and O–H groups in total. The average molecular weight is 238 g/mol. The predicted octanol–water partition coefficient (Wildman–Crippen LogP) is 2.50. The zero-order chi connectivity index (χ0) is 11.8. The van der Waals surface area contributed by atoms with E-state index in [0.29, 0.717) is 6.61 Å². The Balaban J connectivity index is 2.24. The van der Waals surface area contributed by atoms with E-state index in [9.17, 15) is 4.79 Å². The molecule has 1 rings (SSSR count). The number of nitrogens with one attached hydrogen (secondary N) is 1. The van der Waals surface area contributed by atoms with Gasteiger partial charge in [-0.1, -0.05) is 49.1 Å². The Morgan fingerprint density at radius 2 is 2.12 bits per heavy atom. The van der Waals surface area contributed by atoms with Crippen molar-refractivity contribution in [1.82, 2.24) is 5.48 Å². The van der Waals surface area contributed by atoms with Crippen molar-refractivity contribution in [2.45, 2.75) is 0 Å². The first-order valence-corrected chi connectivity index (χ1v) is 5.06. The molecule has 1 aromatic carbocycles. The Bertz CT molecular complexity index is 387. The van der Waals surface area contributed by atoms with Gasteiger partial charge in [0.15, 0.2) is 0 Å². The van der Waals surface area contributed by atoms with Crippen LogP contribution in [0.5, 0.6) is 0 Å². The molecule has 0 fully saturated rings. The molecule has 3 nitrogen and oxygen atoms in total. The highest BCUT2D eigenvalue weighted by Gasteiger charge is 1.99. The third-order valence-electron chi connectivity index (χ3n) is 1.72. The van der Waals surface area contributed by atoms with E-state index in [1.807, 2.05) is 42.5 Å². The summed E-state index contributed by atoms with van der Waals surface area (Å²) in [5.74, 6) is 0. The van der Waals surface area contributed by atoms with Gasteiger partial charge < -0.3 is 0 Å². The van der Waals surface area contributed by atoms with Gasteiger partial charge >= 0.3 is 0 Å². The van der Waals surface area contributed by atoms with Crippen LogP contribution in [-0.4, -0.2) is 11.8 Å². The molecule has 0 unspecified atom stereocenters. The fourth-order valence-electron chi connectivity index (χ4n) is 0.965. The van der Waals surface area contributed by atoms with E-state index in [4.69, 9.17) is 16.4 Å². The van der Waals surface area contributed by atoms with Crippen LogP contribution in [0.15, 0.2) is 48.7 Å². The van der Waals surface area contributed by atoms with E-state index in [0.717, 1.165) is 5.56 Å². The number of hydrogen-bond donors (Lipinski definition) is 1. The molecule has 0 bridgehead atoms. The van der Waals surface area contributed by atoms with Gasteiger partial charge in [-0.3, -0.25) is 15.1 Å². The van der Waals surface area contributed by atoms with E-state index in [1.165, 1.54) is 0 Å². The van der Waals surface area contributed by atoms with Crippen LogP contribution in [0.2, 0.25) is 0 Å². The summed E-state index contributed by atoms with van der Waals surface area (Å²) >= 11 is 5.14. The Morgan fingerprint density at radius 1 is 1.44 bits per heavy atom. The van der Waals surface area contributed by atoms with Crippen molar-refractivity contribution in [3.8, 4) is 0 Å². The number of carbonyl (C=O) groups is 1. The van der Waals surface area contributed by atoms with Gasteiger partial charge in [0.05, 0.1) is 6.61 Å². The summed E-state index contributed by atoms with van der Waals surface area (Å²) in [5, 5.41) is -0.660. The smallest absolute Gasteiger partial charge is 0.269 e. The van der Waals surface area contributed by atoms with E-state index in [2.05, 4.69) is 12.1 Å². The number of allylic oxidation sites excluding steroid dienone is 1. The second-order valence-corrected chi connectivity index (χ2v) is 3.32. The first kappa shape index (κ1) is 12.5. The molecular weight excluding hydrogens is 226 g/mol. The molecule has 0 radical (unpaired) electrons. The van der Waals surface area contributed by atoms with Crippen LogP contribution in [0.4, 0.5) is 0 Å². The highest BCUT2D eigenvalue weighted by atomic mass is 35.5. The number of hydrogen-bond acceptors (Lipinski definition) is 3. The molecule has 16 heavy (non-hydrogen) atoms. The number of hydroxylamine groups is 1. The summed E-state index contributed by atoms with van der Waals surface area (Å²) in [5.41, 5.74) is 3.45. The van der Waals surface area contributed by atoms with Gasteiger partial charge in [-0.05, 0) is 17.2 Å². The lowest BCUT2D eigenvalue weighted by molar-refractivity contribution is -0.110. The summed E-state index contributed by atoms with van der Waals surface area (Å²) in [4.78, 5) is 15.5. The minimum absolute atomic E-state index is 0.0229. The van der Waals surface area contributed by atoms with Crippen LogP contribution in [0.25, 0.3) is 6.08 Å². The number of halogens is 1. The van der Waals surface area contributed by atoms with Crippen LogP contribution in [0.3, 0.4) is 0 Å². The molecule has 0 aliphatic carbocycles. The fourth-order valence-corrected chi connectivity index (χ4v) is 1.00. The van der Waals surface area contributed by atoms with Gasteiger partial charge in [0, 0.05) is 0 Å². The Morgan fingerprint density at radius 3 is 2.75 bits per heavy atom. The van der Waals surface area contributed by atoms with Crippen molar-refractivity contribution in [3.63, 3.8) is 0 Å². The maximum absolute atomic E-state index is 10.5. The highest BCUT2D eigenvalue weighted by Crippen LogP contribution is 2.00. The number of rotatable bonds is 6. The predicted molar refractivity (Wildman–Crippen MR) is 64.6 cm³/mol. The quantitative estimate of drug-likeness (QED) is 0.358. The molecule has 0 aliphatic rings. The molecule has 0 spiro atoms. The standard InChI is InChI=1S/C12H12ClNO2/c1-10(12(13)15)14-16-9-5-8-11-6-3-2-4-7-11/h2-8,14H,1,9H2. The van der Waals surface area contributed by atoms with Gasteiger partial charge in [0.25, 0.3) is 5.24 Å². The summed E-state index contributed by atoms with van der Waals surface area (Å²) in [6.07, 6.45) is 3.72. The molecule has 0 aromatic heterocycles. The molecule has 84 valence electrons. The normalized spacial score (nSPS) is 10.3. The molecule has 0 heterocycles. The SMILES string of the molecule is C=C(NOCC=Cc1ccccc1)C(=O)Cl. The topological polar surface area (TPSA) is 38.3 Å². The van der Waals surface area contributed by atoms with Gasteiger partial charge in [-0.25, -0.2) is 0 Å². The first-order valence-electron chi connectivity index (χ1n) is 4.68. The zero-order valence-electron chi connectivity index (χ0n) is 8.65. The van der Waals surface area contributed by atoms with E-state index in [-0.39, 0.29) is 5.70 Å². The average Bonchev–Trinajstić information content (AvgIpc) is 2.29. The molecule has 0 saturated carbocycles. The molecule has 0 aliphatic heterocycles. The van der Waals surface area contributed by atoms with Crippen LogP contribution in [0.1, 0.15) is 5.56 Å². The maximum Gasteiger partial charge on any atom is 0.269 e. The van der Waals surface area contributed by atoms with Crippen LogP contribution >= 0.6 is 11.6 Å². The molecule has 1 aromatic rings. The molecule has 0 saturated heterocycles. The van der Waals surface area contributed by atoms with Gasteiger partial charge in [0.2, 0.25) is 0 Å². The largest absolute Gasteiger partial charge is 0.274 e. The van der Waals surface area contributed by atoms with Crippen LogP contribution in [-0.2, 0) is 9.63 Å². The minimum Gasteiger partial charge on any atom is -0.274 e. The summed E-state index contributed by atoms with van der Waals surface area (Å²) in [7, 11) is 0. The molecular formula is C12H12ClNO2. The molecule has 0 amide bonds. The molecule has 0 atom stereocenters. The Kier molecular flexibility index (Phi) is 5.32. The van der Waals surface area contributed by atoms with Crippen molar-refractivity contribution >= 4 is 22.9 Å². The third-order valence-corrected chi connectivity index (χ3v) is 1.95. The van der Waals surface area contributed by atoms with Crippen LogP contribution in [0, 0.1) is 0 Å². The van der Waals surface area contributed by atoms with Gasteiger partial charge in [-0.15, -0.1) is 0 Å². The minimum atomic E-state index is -0.660. The van der Waals surface area contributed by atoms with E-state index in [1.54, 1.807) is 0 Å². The Labute approximate surface area is 99.3 Å². The van der Waals surface area contributed by atoms with E-state index < -0.39 is 5.24 Å². The maximum atomic E-state index is 10.5. The van der Waals surface area contributed by atoms with Crippen molar-refractivity contribution in [1.29, 1.82) is 0 Å². The van der Waals surface area contributed by atoms with Gasteiger partial charge in [0.1, 0.15) is 5.70 Å². The second kappa shape index (κ2) is 6.82. The monoisotopic (exact) mass is 237 g/mol. The van der Waals surface area contributed by atoms with Crippen molar-refractivity contribution in [3.05, 3.63) is 54.2 Å². The van der Waals surface area contributed by atoms with Crippen molar-refractivity contribution < 1.29 is 9.63 Å². The summed E-state index contributed by atoms with van der Waals surface area (Å²) in [6, 6.07) is 9.81. The second-order valence-electron chi connectivity index (χ2n) is 2.98. The molecule has 4 heteroatoms. The lowest BCUT2D eigenvalue weighted by Gasteiger charge is -2.02. The fraction of sp³-hybridized carbons (Fsp3) is 0.0833. The first-order chi connectivity index (χ1) is 7.70. The van der Waals surface area contributed by atoms with Crippen LogP contribution < -0.4 is 5.48 Å². The Hall–Kier alpha value is -1.58. The lowest BCUT2D eigenvalue weighted by atomic mass is 10.2. The van der Waals surface area contributed by atoms with E-state index >= 15 is 0 Å². The lowest BCUT2D eigenvalue weighted by Crippen LogP contribution is -2.17. The summed E-state index contributed by atoms with van der Waals surface area (Å²) < 4.78 is 0.